The van der Waals surface area contributed by atoms with Crippen LogP contribution in [0.4, 0.5) is 0 Å². The first-order valence-electron chi connectivity index (χ1n) is 6.83. The van der Waals surface area contributed by atoms with E-state index >= 15 is 0 Å². The van der Waals surface area contributed by atoms with Crippen LogP contribution < -0.4 is 0 Å². The fraction of sp³-hybridized carbons (Fsp3) is 0.235. The highest BCUT2D eigenvalue weighted by molar-refractivity contribution is 7.89. The van der Waals surface area contributed by atoms with Crippen LogP contribution in [0.5, 0.6) is 0 Å². The van der Waals surface area contributed by atoms with Gasteiger partial charge in [-0.15, -0.1) is 0 Å². The average Bonchev–Trinajstić information content (AvgIpc) is 2.45. The molecule has 0 bridgehead atoms. The number of benzene rings is 2. The van der Waals surface area contributed by atoms with Gasteiger partial charge < -0.3 is 4.74 Å². The van der Waals surface area contributed by atoms with Gasteiger partial charge in [0.15, 0.2) is 9.84 Å². The van der Waals surface area contributed by atoms with Crippen molar-refractivity contribution >= 4 is 15.8 Å². The van der Waals surface area contributed by atoms with Crippen molar-refractivity contribution in [1.29, 1.82) is 0 Å². The van der Waals surface area contributed by atoms with Crippen LogP contribution in [0.3, 0.4) is 0 Å². The van der Waals surface area contributed by atoms with Crippen molar-refractivity contribution in [1.82, 2.24) is 0 Å². The van der Waals surface area contributed by atoms with E-state index in [0.717, 1.165) is 11.1 Å². The molecule has 0 spiro atoms. The van der Waals surface area contributed by atoms with Crippen LogP contribution >= 0.6 is 0 Å². The van der Waals surface area contributed by atoms with E-state index in [1.165, 1.54) is 6.26 Å². The molecule has 0 amide bonds. The van der Waals surface area contributed by atoms with Crippen molar-refractivity contribution in [3.63, 3.8) is 0 Å². The second kappa shape index (κ2) is 6.75. The third-order valence-corrected chi connectivity index (χ3v) is 4.10. The highest BCUT2D eigenvalue weighted by Gasteiger charge is 2.10. The Kier molecular flexibility index (Phi) is 4.98. The van der Waals surface area contributed by atoms with Crippen LogP contribution in [0, 0.1) is 6.92 Å². The third-order valence-electron chi connectivity index (χ3n) is 3.24. The lowest BCUT2D eigenvalue weighted by Gasteiger charge is -2.08. The van der Waals surface area contributed by atoms with Gasteiger partial charge in [0.2, 0.25) is 0 Å². The van der Waals surface area contributed by atoms with Crippen LogP contribution in [-0.4, -0.2) is 20.6 Å². The van der Waals surface area contributed by atoms with Gasteiger partial charge in [0.25, 0.3) is 0 Å². The van der Waals surface area contributed by atoms with Gasteiger partial charge in [-0.3, -0.25) is 0 Å². The van der Waals surface area contributed by atoms with E-state index in [1.807, 2.05) is 31.2 Å². The number of esters is 1. The molecular formula is C17H18O4S. The molecule has 0 N–H and O–H groups in total. The maximum Gasteiger partial charge on any atom is 0.338 e. The Morgan fingerprint density at radius 1 is 1.05 bits per heavy atom. The van der Waals surface area contributed by atoms with E-state index < -0.39 is 15.8 Å². The first-order valence-corrected chi connectivity index (χ1v) is 8.89. The molecule has 2 rings (SSSR count). The van der Waals surface area contributed by atoms with Crippen LogP contribution in [0.2, 0.25) is 0 Å². The fourth-order valence-corrected chi connectivity index (χ4v) is 2.84. The lowest BCUT2D eigenvalue weighted by molar-refractivity contribution is 0.0472. The zero-order chi connectivity index (χ0) is 16.2. The molecule has 0 heterocycles. The van der Waals surface area contributed by atoms with Crippen molar-refractivity contribution < 1.29 is 17.9 Å². The maximum atomic E-state index is 12.0. The zero-order valence-electron chi connectivity index (χ0n) is 12.6. The molecule has 0 aliphatic heterocycles. The topological polar surface area (TPSA) is 60.4 Å². The van der Waals surface area contributed by atoms with Gasteiger partial charge in [-0.05, 0) is 35.7 Å². The van der Waals surface area contributed by atoms with Crippen molar-refractivity contribution in [2.45, 2.75) is 19.3 Å². The Hall–Kier alpha value is -2.14. The molecule has 0 unspecified atom stereocenters. The average molecular weight is 318 g/mol. The Morgan fingerprint density at radius 3 is 2.27 bits per heavy atom. The Labute approximate surface area is 130 Å². The van der Waals surface area contributed by atoms with Crippen molar-refractivity contribution in [3.8, 4) is 0 Å². The van der Waals surface area contributed by atoms with Crippen molar-refractivity contribution in [2.24, 2.45) is 0 Å². The molecule has 116 valence electrons. The maximum absolute atomic E-state index is 12.0. The molecule has 5 heteroatoms. The highest BCUT2D eigenvalue weighted by atomic mass is 32.2. The van der Waals surface area contributed by atoms with E-state index in [1.54, 1.807) is 24.3 Å². The summed E-state index contributed by atoms with van der Waals surface area (Å²) in [5.41, 5.74) is 3.09. The molecule has 2 aromatic rings. The molecule has 0 radical (unpaired) electrons. The van der Waals surface area contributed by atoms with Crippen LogP contribution in [0.25, 0.3) is 0 Å². The molecule has 0 aromatic heterocycles. The molecule has 0 fully saturated rings. The van der Waals surface area contributed by atoms with E-state index in [-0.39, 0.29) is 12.4 Å². The minimum absolute atomic E-state index is 0.0362. The van der Waals surface area contributed by atoms with Gasteiger partial charge in [0.05, 0.1) is 11.3 Å². The predicted molar refractivity (Wildman–Crippen MR) is 85.3 cm³/mol. The minimum atomic E-state index is -3.08. The summed E-state index contributed by atoms with van der Waals surface area (Å²) in [6, 6.07) is 14.1. The van der Waals surface area contributed by atoms with Crippen LogP contribution in [-0.2, 0) is 26.9 Å². The van der Waals surface area contributed by atoms with Gasteiger partial charge in [0, 0.05) is 6.26 Å². The quantitative estimate of drug-likeness (QED) is 0.795. The molecule has 22 heavy (non-hydrogen) atoms. The molecule has 0 saturated carbocycles. The summed E-state index contributed by atoms with van der Waals surface area (Å²) < 4.78 is 27.7. The number of carbonyl (C=O) groups is 1. The molecule has 0 aliphatic rings. The van der Waals surface area contributed by atoms with E-state index in [4.69, 9.17) is 4.74 Å². The molecule has 4 nitrogen and oxygen atoms in total. The number of hydrogen-bond donors (Lipinski definition) is 0. The first kappa shape index (κ1) is 16.2. The molecule has 2 aromatic carbocycles. The van der Waals surface area contributed by atoms with E-state index in [9.17, 15) is 13.2 Å². The summed E-state index contributed by atoms with van der Waals surface area (Å²) in [6.45, 7) is 2.18. The zero-order valence-corrected chi connectivity index (χ0v) is 13.4. The second-order valence-corrected chi connectivity index (χ2v) is 7.41. The van der Waals surface area contributed by atoms with Gasteiger partial charge >= 0.3 is 5.97 Å². The lowest BCUT2D eigenvalue weighted by atomic mass is 10.1. The molecule has 0 atom stereocenters. The fourth-order valence-electron chi connectivity index (χ4n) is 2.04. The first-order chi connectivity index (χ1) is 10.3. The lowest BCUT2D eigenvalue weighted by Crippen LogP contribution is -2.06. The van der Waals surface area contributed by atoms with Gasteiger partial charge in [-0.25, -0.2) is 13.2 Å². The van der Waals surface area contributed by atoms with Gasteiger partial charge in [-0.2, -0.15) is 0 Å². The summed E-state index contributed by atoms with van der Waals surface area (Å²) in [7, 11) is -3.08. The Balaban J connectivity index is 2.00. The van der Waals surface area contributed by atoms with Crippen molar-refractivity contribution in [3.05, 3.63) is 70.8 Å². The number of rotatable bonds is 5. The van der Waals surface area contributed by atoms with Crippen LogP contribution in [0.15, 0.2) is 48.5 Å². The number of sulfone groups is 1. The number of carbonyl (C=O) groups excluding carboxylic acids is 1. The summed E-state index contributed by atoms with van der Waals surface area (Å²) in [5, 5.41) is 0. The largest absolute Gasteiger partial charge is 0.457 e. The minimum Gasteiger partial charge on any atom is -0.457 e. The second-order valence-electron chi connectivity index (χ2n) is 5.27. The van der Waals surface area contributed by atoms with Gasteiger partial charge in [0.1, 0.15) is 6.61 Å². The smallest absolute Gasteiger partial charge is 0.338 e. The summed E-state index contributed by atoms with van der Waals surface area (Å²) in [4.78, 5) is 12.0. The number of ether oxygens (including phenoxy) is 1. The standard InChI is InChI=1S/C17H18O4S/c1-13-5-3-4-6-16(13)11-21-17(18)15-9-7-14(8-10-15)12-22(2,19)20/h3-10H,11-12H2,1-2H3. The van der Waals surface area contributed by atoms with Crippen LogP contribution in [0.1, 0.15) is 27.0 Å². The highest BCUT2D eigenvalue weighted by Crippen LogP contribution is 2.12. The normalized spacial score (nSPS) is 11.2. The number of hydrogen-bond acceptors (Lipinski definition) is 4. The van der Waals surface area contributed by atoms with E-state index in [2.05, 4.69) is 0 Å². The number of aryl methyl sites for hydroxylation is 1. The SMILES string of the molecule is Cc1ccccc1COC(=O)c1ccc(CS(C)(=O)=O)cc1. The van der Waals surface area contributed by atoms with E-state index in [0.29, 0.717) is 11.1 Å². The Bertz CT molecular complexity index is 762. The predicted octanol–water partition coefficient (Wildman–Crippen LogP) is 2.90. The van der Waals surface area contributed by atoms with Crippen molar-refractivity contribution in [2.75, 3.05) is 6.26 Å². The Morgan fingerprint density at radius 2 is 1.68 bits per heavy atom. The monoisotopic (exact) mass is 318 g/mol. The summed E-state index contributed by atoms with van der Waals surface area (Å²) >= 11 is 0. The molecular weight excluding hydrogens is 300 g/mol. The molecule has 0 aliphatic carbocycles. The third kappa shape index (κ3) is 4.70. The molecule has 0 saturated heterocycles. The summed E-state index contributed by atoms with van der Waals surface area (Å²) in [6.07, 6.45) is 1.18. The summed E-state index contributed by atoms with van der Waals surface area (Å²) in [5.74, 6) is -0.458. The van der Waals surface area contributed by atoms with Gasteiger partial charge in [-0.1, -0.05) is 36.4 Å².